The summed E-state index contributed by atoms with van der Waals surface area (Å²) in [6, 6.07) is 5.38. The van der Waals surface area contributed by atoms with Crippen LogP contribution in [0.15, 0.2) is 43.1 Å². The normalized spacial score (nSPS) is 10.7. The van der Waals surface area contributed by atoms with Crippen molar-refractivity contribution in [1.82, 2.24) is 5.01 Å². The Morgan fingerprint density at radius 1 is 1.25 bits per heavy atom. The van der Waals surface area contributed by atoms with Gasteiger partial charge in [-0.3, -0.25) is 0 Å². The first kappa shape index (κ1) is 13.1. The van der Waals surface area contributed by atoms with Crippen LogP contribution < -0.4 is 5.84 Å². The van der Waals surface area contributed by atoms with E-state index in [-0.39, 0.29) is 0 Å². The van der Waals surface area contributed by atoms with Crippen molar-refractivity contribution >= 4 is 23.2 Å². The van der Waals surface area contributed by atoms with Gasteiger partial charge in [0.15, 0.2) is 0 Å². The molecule has 1 rings (SSSR count). The highest BCUT2D eigenvalue weighted by Crippen LogP contribution is 2.19. The summed E-state index contributed by atoms with van der Waals surface area (Å²) in [6.45, 7) is 4.18. The summed E-state index contributed by atoms with van der Waals surface area (Å²) in [6.07, 6.45) is 6.33. The zero-order valence-electron chi connectivity index (χ0n) is 8.87. The van der Waals surface area contributed by atoms with Gasteiger partial charge in [0.1, 0.15) is 0 Å². The molecule has 2 nitrogen and oxygen atoms in total. The SMILES string of the molecule is C=CC/C=C\N(N)Cc1cc(Cl)cc(Cl)c1. The van der Waals surface area contributed by atoms with Crippen molar-refractivity contribution in [3.05, 3.63) is 58.7 Å². The molecule has 1 aromatic carbocycles. The second-order valence-electron chi connectivity index (χ2n) is 3.36. The van der Waals surface area contributed by atoms with Gasteiger partial charge in [-0.15, -0.1) is 6.58 Å². The first-order valence-electron chi connectivity index (χ1n) is 4.85. The fraction of sp³-hybridized carbons (Fsp3) is 0.167. The van der Waals surface area contributed by atoms with Crippen molar-refractivity contribution in [1.29, 1.82) is 0 Å². The van der Waals surface area contributed by atoms with Gasteiger partial charge in [0.2, 0.25) is 0 Å². The molecule has 0 amide bonds. The van der Waals surface area contributed by atoms with Crippen LogP contribution in [0.3, 0.4) is 0 Å². The molecular weight excluding hydrogens is 243 g/mol. The van der Waals surface area contributed by atoms with Crippen molar-refractivity contribution in [3.8, 4) is 0 Å². The molecule has 1 aromatic rings. The molecule has 0 aromatic heterocycles. The highest BCUT2D eigenvalue weighted by Gasteiger charge is 2.00. The topological polar surface area (TPSA) is 29.3 Å². The highest BCUT2D eigenvalue weighted by atomic mass is 35.5. The largest absolute Gasteiger partial charge is 0.314 e. The summed E-state index contributed by atoms with van der Waals surface area (Å²) < 4.78 is 0. The van der Waals surface area contributed by atoms with E-state index in [2.05, 4.69) is 6.58 Å². The fourth-order valence-corrected chi connectivity index (χ4v) is 1.83. The number of halogens is 2. The number of nitrogens with two attached hydrogens (primary N) is 1. The molecule has 0 saturated heterocycles. The predicted molar refractivity (Wildman–Crippen MR) is 70.1 cm³/mol. The van der Waals surface area contributed by atoms with Crippen LogP contribution in [0.4, 0.5) is 0 Å². The fourth-order valence-electron chi connectivity index (χ4n) is 1.26. The third-order valence-corrected chi connectivity index (χ3v) is 2.32. The van der Waals surface area contributed by atoms with E-state index in [0.717, 1.165) is 12.0 Å². The van der Waals surface area contributed by atoms with Crippen molar-refractivity contribution in [2.75, 3.05) is 0 Å². The van der Waals surface area contributed by atoms with Crippen LogP contribution in [0, 0.1) is 0 Å². The Morgan fingerprint density at radius 3 is 2.44 bits per heavy atom. The van der Waals surface area contributed by atoms with Crippen LogP contribution in [0.2, 0.25) is 10.0 Å². The quantitative estimate of drug-likeness (QED) is 0.494. The standard InChI is InChI=1S/C12H14Cl2N2/c1-2-3-4-5-16(15)9-10-6-11(13)8-12(14)7-10/h2,4-8H,1,3,9,15H2/b5-4-. The van der Waals surface area contributed by atoms with Crippen LogP contribution >= 0.6 is 23.2 Å². The van der Waals surface area contributed by atoms with Crippen LogP contribution in [0.5, 0.6) is 0 Å². The Balaban J connectivity index is 2.61. The van der Waals surface area contributed by atoms with E-state index in [1.165, 1.54) is 0 Å². The van der Waals surface area contributed by atoms with Gasteiger partial charge in [-0.2, -0.15) is 0 Å². The van der Waals surface area contributed by atoms with Crippen LogP contribution in [-0.2, 0) is 6.54 Å². The second kappa shape index (κ2) is 6.59. The van der Waals surface area contributed by atoms with Crippen LogP contribution in [-0.4, -0.2) is 5.01 Å². The maximum atomic E-state index is 5.89. The Bertz CT molecular complexity index is 368. The Kier molecular flexibility index (Phi) is 5.39. The molecule has 0 bridgehead atoms. The summed E-state index contributed by atoms with van der Waals surface area (Å²) in [7, 11) is 0. The third kappa shape index (κ3) is 4.71. The van der Waals surface area contributed by atoms with E-state index in [1.54, 1.807) is 23.4 Å². The van der Waals surface area contributed by atoms with Gasteiger partial charge in [-0.05, 0) is 30.2 Å². The molecule has 86 valence electrons. The molecule has 0 aliphatic heterocycles. The Hall–Kier alpha value is -0.960. The van der Waals surface area contributed by atoms with Crippen LogP contribution in [0.1, 0.15) is 12.0 Å². The van der Waals surface area contributed by atoms with Crippen molar-refractivity contribution in [2.24, 2.45) is 5.84 Å². The number of allylic oxidation sites excluding steroid dienone is 2. The van der Waals surface area contributed by atoms with Gasteiger partial charge in [-0.1, -0.05) is 35.4 Å². The predicted octanol–water partition coefficient (Wildman–Crippen LogP) is 3.76. The molecule has 0 heterocycles. The molecule has 0 spiro atoms. The number of benzene rings is 1. The minimum Gasteiger partial charge on any atom is -0.314 e. The van der Waals surface area contributed by atoms with E-state index in [1.807, 2.05) is 18.2 Å². The molecular formula is C12H14Cl2N2. The van der Waals surface area contributed by atoms with Crippen molar-refractivity contribution in [3.63, 3.8) is 0 Å². The molecule has 0 unspecified atom stereocenters. The lowest BCUT2D eigenvalue weighted by molar-refractivity contribution is 0.386. The number of hydrogen-bond donors (Lipinski definition) is 1. The minimum absolute atomic E-state index is 0.563. The summed E-state index contributed by atoms with van der Waals surface area (Å²) in [5, 5.41) is 2.81. The van der Waals surface area contributed by atoms with Gasteiger partial charge in [0.05, 0.1) is 6.54 Å². The maximum absolute atomic E-state index is 5.89. The lowest BCUT2D eigenvalue weighted by atomic mass is 10.2. The summed E-state index contributed by atoms with van der Waals surface area (Å²) in [4.78, 5) is 0. The van der Waals surface area contributed by atoms with E-state index >= 15 is 0 Å². The van der Waals surface area contributed by atoms with E-state index in [4.69, 9.17) is 29.0 Å². The van der Waals surface area contributed by atoms with Gasteiger partial charge in [-0.25, -0.2) is 5.84 Å². The van der Waals surface area contributed by atoms with Gasteiger partial charge in [0.25, 0.3) is 0 Å². The first-order chi connectivity index (χ1) is 7.61. The molecule has 16 heavy (non-hydrogen) atoms. The molecule has 0 aliphatic rings. The lowest BCUT2D eigenvalue weighted by Crippen LogP contribution is -2.24. The highest BCUT2D eigenvalue weighted by molar-refractivity contribution is 6.34. The lowest BCUT2D eigenvalue weighted by Gasteiger charge is -2.13. The molecule has 0 fully saturated rings. The summed E-state index contributed by atoms with van der Waals surface area (Å²) >= 11 is 11.8. The molecule has 0 aliphatic carbocycles. The third-order valence-electron chi connectivity index (χ3n) is 1.89. The average Bonchev–Trinajstić information content (AvgIpc) is 2.16. The monoisotopic (exact) mass is 256 g/mol. The summed E-state index contributed by atoms with van der Waals surface area (Å²) in [5.74, 6) is 5.77. The minimum atomic E-state index is 0.563. The number of hydrogen-bond acceptors (Lipinski definition) is 2. The number of rotatable bonds is 5. The molecule has 2 N–H and O–H groups in total. The number of nitrogens with zero attached hydrogens (tertiary/aromatic N) is 1. The average molecular weight is 257 g/mol. The van der Waals surface area contributed by atoms with Gasteiger partial charge >= 0.3 is 0 Å². The van der Waals surface area contributed by atoms with Gasteiger partial charge < -0.3 is 5.01 Å². The van der Waals surface area contributed by atoms with Crippen molar-refractivity contribution < 1.29 is 0 Å². The Labute approximate surface area is 106 Å². The molecule has 0 radical (unpaired) electrons. The molecule has 4 heteroatoms. The van der Waals surface area contributed by atoms with Crippen LogP contribution in [0.25, 0.3) is 0 Å². The Morgan fingerprint density at radius 2 is 1.88 bits per heavy atom. The zero-order chi connectivity index (χ0) is 12.0. The molecule has 0 atom stereocenters. The van der Waals surface area contributed by atoms with E-state index in [9.17, 15) is 0 Å². The van der Waals surface area contributed by atoms with Gasteiger partial charge in [0, 0.05) is 16.2 Å². The maximum Gasteiger partial charge on any atom is 0.0586 e. The smallest absolute Gasteiger partial charge is 0.0586 e. The van der Waals surface area contributed by atoms with E-state index in [0.29, 0.717) is 16.6 Å². The van der Waals surface area contributed by atoms with Crippen molar-refractivity contribution in [2.45, 2.75) is 13.0 Å². The zero-order valence-corrected chi connectivity index (χ0v) is 10.4. The van der Waals surface area contributed by atoms with E-state index < -0.39 is 0 Å². The second-order valence-corrected chi connectivity index (χ2v) is 4.23. The first-order valence-corrected chi connectivity index (χ1v) is 5.61. The summed E-state index contributed by atoms with van der Waals surface area (Å²) in [5.41, 5.74) is 0.975. The molecule has 0 saturated carbocycles. The number of hydrazine groups is 1.